The summed E-state index contributed by atoms with van der Waals surface area (Å²) in [7, 11) is 0. The van der Waals surface area contributed by atoms with Crippen molar-refractivity contribution in [2.75, 3.05) is 10.4 Å². The van der Waals surface area contributed by atoms with E-state index in [1.807, 2.05) is 42.5 Å². The number of benzene rings is 4. The normalized spacial score (nSPS) is 11.5. The van der Waals surface area contributed by atoms with Crippen LogP contribution in [0, 0.1) is 0 Å². The average molecular weight is 612 g/mol. The Morgan fingerprint density at radius 3 is 2.31 bits per heavy atom. The molecule has 0 saturated carbocycles. The molecule has 2 heterocycles. The highest BCUT2D eigenvalue weighted by atomic mass is 19.4. The summed E-state index contributed by atoms with van der Waals surface area (Å²) in [6.45, 7) is 0.289. The van der Waals surface area contributed by atoms with Gasteiger partial charge >= 0.3 is 12.1 Å². The molecule has 0 fully saturated rings. The van der Waals surface area contributed by atoms with Crippen LogP contribution in [-0.4, -0.2) is 28.0 Å². The molecule has 226 valence electrons. The molecule has 0 radical (unpaired) electrons. The van der Waals surface area contributed by atoms with Crippen molar-refractivity contribution in [2.45, 2.75) is 19.1 Å². The van der Waals surface area contributed by atoms with Gasteiger partial charge in [0.2, 0.25) is 0 Å². The maximum Gasteiger partial charge on any atom is 0.493 e. The zero-order valence-corrected chi connectivity index (χ0v) is 23.4. The van der Waals surface area contributed by atoms with Gasteiger partial charge in [-0.25, -0.2) is 14.8 Å². The number of nitrogens with two attached hydrogens (primary N) is 1. The Morgan fingerprint density at radius 1 is 0.867 bits per heavy atom. The number of halogens is 3. The topological polar surface area (TPSA) is 124 Å². The quantitative estimate of drug-likeness (QED) is 0.188. The van der Waals surface area contributed by atoms with E-state index in [-0.39, 0.29) is 18.7 Å². The number of hydroxylamine groups is 1. The van der Waals surface area contributed by atoms with Crippen LogP contribution in [0.15, 0.2) is 108 Å². The number of amides is 1. The van der Waals surface area contributed by atoms with E-state index in [9.17, 15) is 22.8 Å². The zero-order chi connectivity index (χ0) is 31.6. The van der Waals surface area contributed by atoms with Crippen molar-refractivity contribution >= 4 is 51.0 Å². The van der Waals surface area contributed by atoms with E-state index in [0.29, 0.717) is 33.4 Å². The highest BCUT2D eigenvalue weighted by Crippen LogP contribution is 2.35. The smallest absolute Gasteiger partial charge is 0.455 e. The Kier molecular flexibility index (Phi) is 7.88. The molecule has 9 nitrogen and oxygen atoms in total. The van der Waals surface area contributed by atoms with E-state index < -0.39 is 18.1 Å². The minimum Gasteiger partial charge on any atom is -0.455 e. The third-order valence-electron chi connectivity index (χ3n) is 6.97. The minimum atomic E-state index is -5.31. The van der Waals surface area contributed by atoms with Gasteiger partial charge in [0.25, 0.3) is 5.91 Å². The van der Waals surface area contributed by atoms with Crippen molar-refractivity contribution in [3.05, 3.63) is 115 Å². The Labute approximate surface area is 254 Å². The molecule has 1 amide bonds. The van der Waals surface area contributed by atoms with E-state index in [1.165, 1.54) is 30.6 Å². The number of nitrogens with one attached hydrogen (secondary N) is 1. The lowest BCUT2D eigenvalue weighted by Gasteiger charge is -2.22. The fourth-order valence-electron chi connectivity index (χ4n) is 4.77. The second kappa shape index (κ2) is 12.1. The van der Waals surface area contributed by atoms with Crippen LogP contribution < -0.4 is 16.1 Å². The first-order chi connectivity index (χ1) is 21.7. The molecule has 4 aromatic carbocycles. The number of rotatable bonds is 7. The van der Waals surface area contributed by atoms with Crippen LogP contribution in [0.2, 0.25) is 0 Å². The first-order valence-corrected chi connectivity index (χ1v) is 13.7. The maximum atomic E-state index is 13.0. The molecule has 0 unspecified atom stereocenters. The first kappa shape index (κ1) is 29.3. The summed E-state index contributed by atoms with van der Waals surface area (Å²) in [4.78, 5) is 37.9. The zero-order valence-electron chi connectivity index (χ0n) is 23.4. The number of carbonyl (C=O) groups is 2. The molecular weight excluding hydrogens is 587 g/mol. The Hall–Kier alpha value is -5.75. The largest absolute Gasteiger partial charge is 0.493 e. The molecule has 0 aliphatic heterocycles. The van der Waals surface area contributed by atoms with Crippen molar-refractivity contribution in [1.29, 1.82) is 0 Å². The molecule has 0 atom stereocenters. The number of para-hydroxylation sites is 2. The van der Waals surface area contributed by atoms with Gasteiger partial charge in [0.1, 0.15) is 23.3 Å². The highest BCUT2D eigenvalue weighted by Gasteiger charge is 2.43. The molecule has 2 aromatic heterocycles. The van der Waals surface area contributed by atoms with E-state index in [4.69, 9.17) is 10.2 Å². The van der Waals surface area contributed by atoms with Gasteiger partial charge in [-0.1, -0.05) is 54.6 Å². The molecule has 6 rings (SSSR count). The molecular formula is C33H24F3N5O4. The summed E-state index contributed by atoms with van der Waals surface area (Å²) in [5.41, 5.74) is 10.1. The van der Waals surface area contributed by atoms with Crippen LogP contribution in [0.5, 0.6) is 0 Å². The second-order valence-corrected chi connectivity index (χ2v) is 10.0. The van der Waals surface area contributed by atoms with Gasteiger partial charge in [-0.3, -0.25) is 4.79 Å². The molecule has 0 aliphatic rings. The number of nitrogens with zero attached hydrogens (tertiary/aromatic N) is 3. The van der Waals surface area contributed by atoms with Gasteiger partial charge < -0.3 is 20.3 Å². The maximum absolute atomic E-state index is 13.0. The van der Waals surface area contributed by atoms with Crippen LogP contribution >= 0.6 is 0 Å². The van der Waals surface area contributed by atoms with Crippen molar-refractivity contribution in [3.63, 3.8) is 0 Å². The standard InChI is InChI=1S/C33H24F3N5O4/c34-33(35,36)32(43)45-41(30(42)16-20-8-10-21(18-37)11-9-20)23-14-12-22(13-15-23)40-29-17-27(38-19-39-29)26-6-3-5-25-24-4-1-2-7-28(24)44-31(25)26/h1-15,17,19H,16,18,37H2,(H,38,39,40). The van der Waals surface area contributed by atoms with Gasteiger partial charge in [0, 0.05) is 34.6 Å². The molecule has 12 heteroatoms. The second-order valence-electron chi connectivity index (χ2n) is 10.0. The van der Waals surface area contributed by atoms with Crippen LogP contribution in [-0.2, 0) is 27.4 Å². The summed E-state index contributed by atoms with van der Waals surface area (Å²) in [6, 6.07) is 27.6. The molecule has 0 bridgehead atoms. The average Bonchev–Trinajstić information content (AvgIpc) is 3.43. The number of furan rings is 1. The molecule has 3 N–H and O–H groups in total. The minimum absolute atomic E-state index is 0.0818. The van der Waals surface area contributed by atoms with E-state index in [0.717, 1.165) is 27.5 Å². The van der Waals surface area contributed by atoms with E-state index in [2.05, 4.69) is 20.1 Å². The SMILES string of the molecule is NCc1ccc(CC(=O)N(OC(=O)C(F)(F)F)c2ccc(Nc3cc(-c4cccc5c4oc4ccccc45)ncn3)cc2)cc1. The summed E-state index contributed by atoms with van der Waals surface area (Å²) in [6.07, 6.45) is -4.23. The van der Waals surface area contributed by atoms with Crippen molar-refractivity contribution in [1.82, 2.24) is 9.97 Å². The Morgan fingerprint density at radius 2 is 1.58 bits per heavy atom. The summed E-state index contributed by atoms with van der Waals surface area (Å²) in [5.74, 6) is -2.98. The van der Waals surface area contributed by atoms with Crippen LogP contribution in [0.4, 0.5) is 30.4 Å². The molecule has 0 spiro atoms. The molecule has 0 saturated heterocycles. The number of aromatic nitrogens is 2. The van der Waals surface area contributed by atoms with Gasteiger partial charge in [-0.05, 0) is 47.5 Å². The van der Waals surface area contributed by atoms with Crippen LogP contribution in [0.3, 0.4) is 0 Å². The van der Waals surface area contributed by atoms with Crippen molar-refractivity contribution in [3.8, 4) is 11.3 Å². The van der Waals surface area contributed by atoms with Crippen LogP contribution in [0.25, 0.3) is 33.2 Å². The summed E-state index contributed by atoms with van der Waals surface area (Å²) < 4.78 is 45.3. The van der Waals surface area contributed by atoms with Gasteiger partial charge in [0.05, 0.1) is 17.8 Å². The number of hydrogen-bond acceptors (Lipinski definition) is 8. The Balaban J connectivity index is 1.23. The third kappa shape index (κ3) is 6.31. The van der Waals surface area contributed by atoms with E-state index in [1.54, 1.807) is 30.3 Å². The fraction of sp³-hybridized carbons (Fsp3) is 0.0909. The summed E-state index contributed by atoms with van der Waals surface area (Å²) in [5, 5.41) is 5.39. The lowest BCUT2D eigenvalue weighted by atomic mass is 10.1. The highest BCUT2D eigenvalue weighted by molar-refractivity contribution is 6.09. The number of carbonyl (C=O) groups excluding carboxylic acids is 2. The number of hydrogen-bond donors (Lipinski definition) is 2. The predicted molar refractivity (Wildman–Crippen MR) is 162 cm³/mol. The van der Waals surface area contributed by atoms with Gasteiger partial charge in [0.15, 0.2) is 0 Å². The third-order valence-corrected chi connectivity index (χ3v) is 6.97. The summed E-state index contributed by atoms with van der Waals surface area (Å²) >= 11 is 0. The van der Waals surface area contributed by atoms with Crippen LogP contribution in [0.1, 0.15) is 11.1 Å². The number of anilines is 3. The lowest BCUT2D eigenvalue weighted by molar-refractivity contribution is -0.201. The lowest BCUT2D eigenvalue weighted by Crippen LogP contribution is -2.39. The van der Waals surface area contributed by atoms with Crippen molar-refractivity contribution in [2.24, 2.45) is 5.73 Å². The van der Waals surface area contributed by atoms with Gasteiger partial charge in [-0.2, -0.15) is 13.2 Å². The fourth-order valence-corrected chi connectivity index (χ4v) is 4.77. The number of fused-ring (bicyclic) bond motifs is 3. The first-order valence-electron chi connectivity index (χ1n) is 13.7. The molecule has 0 aliphatic carbocycles. The van der Waals surface area contributed by atoms with Crippen molar-refractivity contribution < 1.29 is 32.0 Å². The molecule has 45 heavy (non-hydrogen) atoms. The predicted octanol–water partition coefficient (Wildman–Crippen LogP) is 6.84. The number of alkyl halides is 3. The monoisotopic (exact) mass is 611 g/mol. The van der Waals surface area contributed by atoms with Gasteiger partial charge in [-0.15, -0.1) is 5.06 Å². The molecule has 6 aromatic rings. The Bertz CT molecular complexity index is 2010. The van der Waals surface area contributed by atoms with E-state index >= 15 is 0 Å².